The smallest absolute Gasteiger partial charge is 0.414 e. The summed E-state index contributed by atoms with van der Waals surface area (Å²) >= 11 is 10.5. The Morgan fingerprint density at radius 2 is 2.38 bits per heavy atom. The van der Waals surface area contributed by atoms with E-state index in [2.05, 4.69) is 31.2 Å². The number of aromatic nitrogens is 2. The van der Waals surface area contributed by atoms with Gasteiger partial charge >= 0.3 is 6.09 Å². The predicted octanol–water partition coefficient (Wildman–Crippen LogP) is 3.99. The van der Waals surface area contributed by atoms with Gasteiger partial charge < -0.3 is 14.5 Å². The quantitative estimate of drug-likeness (QED) is 0.687. The van der Waals surface area contributed by atoms with Gasteiger partial charge in [-0.3, -0.25) is 0 Å². The van der Waals surface area contributed by atoms with E-state index in [4.69, 9.17) is 20.8 Å². The Bertz CT molecular complexity index is 791. The van der Waals surface area contributed by atoms with Crippen LogP contribution in [0.15, 0.2) is 32.7 Å². The average Bonchev–Trinajstić information content (AvgIpc) is 3.07. The zero-order chi connectivity index (χ0) is 14.8. The molecule has 0 atom stereocenters. The lowest BCUT2D eigenvalue weighted by Crippen LogP contribution is -2.26. The van der Waals surface area contributed by atoms with Crippen LogP contribution in [-0.4, -0.2) is 16.1 Å². The highest BCUT2D eigenvalue weighted by atomic mass is 79.9. The first-order valence-corrected chi connectivity index (χ1v) is 7.77. The highest BCUT2D eigenvalue weighted by Crippen LogP contribution is 2.35. The van der Waals surface area contributed by atoms with Crippen molar-refractivity contribution < 1.29 is 13.9 Å². The van der Waals surface area contributed by atoms with E-state index >= 15 is 0 Å². The van der Waals surface area contributed by atoms with Gasteiger partial charge in [0.25, 0.3) is 0 Å². The molecule has 108 valence electrons. The topological polar surface area (TPSA) is 77.2 Å². The van der Waals surface area contributed by atoms with Crippen LogP contribution in [0.3, 0.4) is 0 Å². The van der Waals surface area contributed by atoms with Gasteiger partial charge in [-0.2, -0.15) is 4.98 Å². The Balaban J connectivity index is 1.76. The molecular formula is C12H7BrClN3O3S. The van der Waals surface area contributed by atoms with E-state index < -0.39 is 6.09 Å². The fraction of sp³-hybridized carbons (Fsp3) is 0.0833. The van der Waals surface area contributed by atoms with Gasteiger partial charge in [0, 0.05) is 5.38 Å². The Kier molecular flexibility index (Phi) is 4.09. The molecule has 3 aromatic heterocycles. The van der Waals surface area contributed by atoms with E-state index in [1.807, 2.05) is 5.38 Å². The van der Waals surface area contributed by atoms with Crippen molar-refractivity contribution in [3.63, 3.8) is 0 Å². The molecule has 3 aromatic rings. The highest BCUT2D eigenvalue weighted by Gasteiger charge is 2.15. The number of hydrogen-bond donors (Lipinski definition) is 1. The van der Waals surface area contributed by atoms with Gasteiger partial charge in [0.15, 0.2) is 0 Å². The number of carbonyl (C=O) groups excluding carboxylic acids is 1. The first-order chi connectivity index (χ1) is 10.1. The Labute approximate surface area is 136 Å². The van der Waals surface area contributed by atoms with E-state index in [-0.39, 0.29) is 17.7 Å². The molecule has 3 rings (SSSR count). The SMILES string of the molecule is O=C(NCc1ccco1)Oc1nc(Cl)nc2c(Br)csc12. The maximum atomic E-state index is 11.8. The minimum absolute atomic E-state index is 0.00966. The second kappa shape index (κ2) is 6.00. The third-order valence-electron chi connectivity index (χ3n) is 2.49. The molecule has 9 heteroatoms. The Morgan fingerprint density at radius 3 is 3.14 bits per heavy atom. The van der Waals surface area contributed by atoms with Crippen molar-refractivity contribution in [1.29, 1.82) is 0 Å². The number of fused-ring (bicyclic) bond motifs is 1. The van der Waals surface area contributed by atoms with Crippen LogP contribution in [-0.2, 0) is 6.54 Å². The van der Waals surface area contributed by atoms with Crippen molar-refractivity contribution in [1.82, 2.24) is 15.3 Å². The van der Waals surface area contributed by atoms with Crippen molar-refractivity contribution in [2.24, 2.45) is 0 Å². The number of ether oxygens (including phenoxy) is 1. The summed E-state index contributed by atoms with van der Waals surface area (Å²) in [5.41, 5.74) is 0.605. The minimum Gasteiger partial charge on any atom is -0.467 e. The molecule has 0 aromatic carbocycles. The summed E-state index contributed by atoms with van der Waals surface area (Å²) in [6, 6.07) is 3.48. The first kappa shape index (κ1) is 14.3. The second-order valence-corrected chi connectivity index (χ2v) is 5.95. The number of thiophene rings is 1. The second-order valence-electron chi connectivity index (χ2n) is 3.88. The van der Waals surface area contributed by atoms with Crippen molar-refractivity contribution >= 4 is 55.2 Å². The molecule has 0 saturated carbocycles. The average molecular weight is 389 g/mol. The van der Waals surface area contributed by atoms with Crippen molar-refractivity contribution in [3.05, 3.63) is 39.3 Å². The molecule has 3 heterocycles. The van der Waals surface area contributed by atoms with Crippen LogP contribution in [0.5, 0.6) is 5.88 Å². The number of halogens is 2. The molecule has 0 aliphatic rings. The van der Waals surface area contributed by atoms with Gasteiger partial charge in [-0.15, -0.1) is 11.3 Å². The fourth-order valence-corrected chi connectivity index (χ4v) is 3.25. The zero-order valence-corrected chi connectivity index (χ0v) is 13.5. The number of rotatable bonds is 3. The first-order valence-electron chi connectivity index (χ1n) is 5.72. The number of nitrogens with zero attached hydrogens (tertiary/aromatic N) is 2. The Morgan fingerprint density at radius 1 is 1.52 bits per heavy atom. The fourth-order valence-electron chi connectivity index (χ4n) is 1.60. The van der Waals surface area contributed by atoms with Crippen LogP contribution >= 0.6 is 38.9 Å². The summed E-state index contributed by atoms with van der Waals surface area (Å²) < 4.78 is 11.7. The predicted molar refractivity (Wildman–Crippen MR) is 81.7 cm³/mol. The number of amides is 1. The van der Waals surface area contributed by atoms with Crippen LogP contribution in [0.1, 0.15) is 5.76 Å². The van der Waals surface area contributed by atoms with Crippen LogP contribution in [0.2, 0.25) is 5.28 Å². The maximum absolute atomic E-state index is 11.8. The third kappa shape index (κ3) is 3.17. The summed E-state index contributed by atoms with van der Waals surface area (Å²) in [6.07, 6.45) is 0.881. The molecule has 0 aliphatic heterocycles. The molecule has 0 radical (unpaired) electrons. The van der Waals surface area contributed by atoms with E-state index in [0.717, 1.165) is 4.47 Å². The lowest BCUT2D eigenvalue weighted by molar-refractivity contribution is 0.198. The largest absolute Gasteiger partial charge is 0.467 e. The molecule has 6 nitrogen and oxygen atoms in total. The van der Waals surface area contributed by atoms with E-state index in [1.165, 1.54) is 17.6 Å². The summed E-state index contributed by atoms with van der Waals surface area (Å²) in [7, 11) is 0. The van der Waals surface area contributed by atoms with Gasteiger partial charge in [0.1, 0.15) is 16.0 Å². The van der Waals surface area contributed by atoms with Gasteiger partial charge in [0.05, 0.1) is 17.3 Å². The standard InChI is InChI=1S/C12H7BrClN3O3S/c13-7-5-21-9-8(7)16-11(14)17-10(9)20-12(18)15-4-6-2-1-3-19-6/h1-3,5H,4H2,(H,15,18). The molecule has 0 saturated heterocycles. The molecule has 0 fully saturated rings. The third-order valence-corrected chi connectivity index (χ3v) is 4.52. The van der Waals surface area contributed by atoms with E-state index in [0.29, 0.717) is 16.0 Å². The highest BCUT2D eigenvalue weighted by molar-refractivity contribution is 9.10. The number of carbonyl (C=O) groups is 1. The molecule has 1 amide bonds. The molecule has 21 heavy (non-hydrogen) atoms. The van der Waals surface area contributed by atoms with Gasteiger partial charge in [0.2, 0.25) is 11.2 Å². The summed E-state index contributed by atoms with van der Waals surface area (Å²) in [6.45, 7) is 0.224. The van der Waals surface area contributed by atoms with E-state index in [9.17, 15) is 4.79 Å². The maximum Gasteiger partial charge on any atom is 0.414 e. The zero-order valence-electron chi connectivity index (χ0n) is 10.3. The van der Waals surface area contributed by atoms with Crippen LogP contribution in [0.4, 0.5) is 4.79 Å². The minimum atomic E-state index is -0.646. The van der Waals surface area contributed by atoms with Crippen molar-refractivity contribution in [3.8, 4) is 5.88 Å². The lowest BCUT2D eigenvalue weighted by atomic mass is 10.4. The van der Waals surface area contributed by atoms with Crippen LogP contribution < -0.4 is 10.1 Å². The molecular weight excluding hydrogens is 382 g/mol. The van der Waals surface area contributed by atoms with Crippen molar-refractivity contribution in [2.75, 3.05) is 0 Å². The van der Waals surface area contributed by atoms with E-state index in [1.54, 1.807) is 12.1 Å². The van der Waals surface area contributed by atoms with Crippen LogP contribution in [0, 0.1) is 0 Å². The summed E-state index contributed by atoms with van der Waals surface area (Å²) in [4.78, 5) is 19.8. The van der Waals surface area contributed by atoms with Crippen LogP contribution in [0.25, 0.3) is 10.2 Å². The monoisotopic (exact) mass is 387 g/mol. The van der Waals surface area contributed by atoms with Gasteiger partial charge in [-0.05, 0) is 39.7 Å². The molecule has 0 spiro atoms. The number of hydrogen-bond acceptors (Lipinski definition) is 6. The number of furan rings is 1. The van der Waals surface area contributed by atoms with Crippen molar-refractivity contribution in [2.45, 2.75) is 6.54 Å². The molecule has 0 bridgehead atoms. The van der Waals surface area contributed by atoms with Gasteiger partial charge in [-0.1, -0.05) is 0 Å². The van der Waals surface area contributed by atoms with Gasteiger partial charge in [-0.25, -0.2) is 9.78 Å². The molecule has 1 N–H and O–H groups in total. The Hall–Kier alpha value is -1.64. The number of nitrogens with one attached hydrogen (secondary N) is 1. The molecule has 0 unspecified atom stereocenters. The lowest BCUT2D eigenvalue weighted by Gasteiger charge is -2.05. The normalized spacial score (nSPS) is 10.8. The summed E-state index contributed by atoms with van der Waals surface area (Å²) in [5, 5.41) is 4.39. The molecule has 0 aliphatic carbocycles. The summed E-state index contributed by atoms with van der Waals surface area (Å²) in [5.74, 6) is 0.745.